The van der Waals surface area contributed by atoms with Crippen LogP contribution in [0.1, 0.15) is 97.9 Å². The second-order valence-corrected chi connectivity index (χ2v) is 17.0. The van der Waals surface area contributed by atoms with Gasteiger partial charge in [0.15, 0.2) is 5.96 Å². The van der Waals surface area contributed by atoms with Gasteiger partial charge in [0.05, 0.1) is 12.1 Å². The molecule has 7 aliphatic rings. The first-order valence-electron chi connectivity index (χ1n) is 21.3. The van der Waals surface area contributed by atoms with Crippen LogP contribution in [0.4, 0.5) is 0 Å². The molecule has 0 saturated heterocycles. The predicted octanol–water partition coefficient (Wildman–Crippen LogP) is 11.1. The van der Waals surface area contributed by atoms with Crippen molar-refractivity contribution in [3.05, 3.63) is 155 Å². The Hall–Kier alpha value is -4.83. The van der Waals surface area contributed by atoms with Crippen molar-refractivity contribution in [2.24, 2.45) is 16.8 Å². The van der Waals surface area contributed by atoms with Crippen molar-refractivity contribution in [3.63, 3.8) is 0 Å². The molecule has 0 radical (unpaired) electrons. The molecular formula is C51H55N3O. The fraction of sp³-hybridized carbons (Fsp3) is 0.392. The maximum Gasteiger partial charge on any atom is 0.195 e. The third kappa shape index (κ3) is 6.56. The zero-order chi connectivity index (χ0) is 36.7. The monoisotopic (exact) mass is 725 g/mol. The lowest BCUT2D eigenvalue weighted by molar-refractivity contribution is 0.139. The molecule has 10 rings (SSSR count). The van der Waals surface area contributed by atoms with Crippen LogP contribution in [0, 0.1) is 11.8 Å². The van der Waals surface area contributed by atoms with Gasteiger partial charge in [0, 0.05) is 47.7 Å². The molecule has 5 aliphatic carbocycles. The molecule has 0 aromatic heterocycles. The van der Waals surface area contributed by atoms with Gasteiger partial charge in [0.25, 0.3) is 0 Å². The molecular weight excluding hydrogens is 671 g/mol. The van der Waals surface area contributed by atoms with Gasteiger partial charge in [-0.05, 0) is 96.9 Å². The van der Waals surface area contributed by atoms with Gasteiger partial charge in [-0.15, -0.1) is 0 Å². The standard InChI is InChI=1S/C51H55N3O/c1-2-42-45(32-34-15-14-21-39(31-34)35-16-6-3-7-17-35)52-51(53-50(42)38-19-8-4-9-20-38)54(40-22-10-5-11-23-40)41-28-29-44-47(33-41)55-46-30-27-37-26-25-36-18-12-13-24-43(36)48(37)49(44)46/h3-10,13-16,19,21,24-31,35,38,40-42,44-45,47,50H,2,11-12,17-18,20,22-23,32-33H2,1H3,(H,52,53)/t35?,38?,40?,41?,42-,44?,45+,47?,50?/m0/s1. The summed E-state index contributed by atoms with van der Waals surface area (Å²) in [7, 11) is 0. The third-order valence-electron chi connectivity index (χ3n) is 13.7. The average Bonchev–Trinajstić information content (AvgIpc) is 3.63. The lowest BCUT2D eigenvalue weighted by Gasteiger charge is -2.48. The molecule has 4 nitrogen and oxygen atoms in total. The van der Waals surface area contributed by atoms with Crippen molar-refractivity contribution in [2.45, 2.75) is 113 Å². The number of hydrogen-bond acceptors (Lipinski definition) is 4. The molecule has 55 heavy (non-hydrogen) atoms. The van der Waals surface area contributed by atoms with Gasteiger partial charge in [-0.2, -0.15) is 0 Å². The summed E-state index contributed by atoms with van der Waals surface area (Å²) in [5, 5.41) is 6.93. The molecule has 0 fully saturated rings. The van der Waals surface area contributed by atoms with E-state index in [0.29, 0.717) is 29.8 Å². The maximum absolute atomic E-state index is 6.98. The van der Waals surface area contributed by atoms with Crippen LogP contribution in [-0.2, 0) is 12.8 Å². The lowest BCUT2D eigenvalue weighted by atomic mass is 9.76. The Kier molecular flexibility index (Phi) is 9.46. The Morgan fingerprint density at radius 1 is 0.855 bits per heavy atom. The first kappa shape index (κ1) is 34.6. The SMILES string of the molecule is CC[C@@H]1C(C2C=CC=CC2)N=C(N(C2C=CC3c4c(ccc5ccc6c(c45)C=CCC6)OC3C2)C2CC=CCC2)N[C@@H]1Cc1cccc(C2C=CC=CC2)c1. The number of nitrogens with zero attached hydrogens (tertiary/aromatic N) is 2. The second kappa shape index (κ2) is 15.0. The summed E-state index contributed by atoms with van der Waals surface area (Å²) in [5.41, 5.74) is 7.11. The van der Waals surface area contributed by atoms with Crippen LogP contribution >= 0.6 is 0 Å². The number of ether oxygens (including phenoxy) is 1. The molecule has 2 aliphatic heterocycles. The Bertz CT molecular complexity index is 2180. The van der Waals surface area contributed by atoms with E-state index in [1.54, 1.807) is 0 Å². The minimum Gasteiger partial charge on any atom is -0.489 e. The summed E-state index contributed by atoms with van der Waals surface area (Å²) in [6.45, 7) is 2.38. The van der Waals surface area contributed by atoms with Gasteiger partial charge in [-0.25, -0.2) is 4.99 Å². The molecule has 0 bridgehead atoms. The second-order valence-electron chi connectivity index (χ2n) is 17.0. The topological polar surface area (TPSA) is 36.9 Å². The molecule has 1 N–H and O–H groups in total. The molecule has 4 heteroatoms. The number of hydrogen-bond donors (Lipinski definition) is 1. The van der Waals surface area contributed by atoms with Gasteiger partial charge in [0.1, 0.15) is 11.9 Å². The van der Waals surface area contributed by atoms with Gasteiger partial charge in [-0.3, -0.25) is 0 Å². The fourth-order valence-electron chi connectivity index (χ4n) is 11.0. The van der Waals surface area contributed by atoms with Crippen LogP contribution in [-0.4, -0.2) is 41.1 Å². The van der Waals surface area contributed by atoms with Crippen LogP contribution in [0.5, 0.6) is 5.75 Å². The van der Waals surface area contributed by atoms with E-state index in [9.17, 15) is 0 Å². The minimum atomic E-state index is 0.109. The molecule has 9 atom stereocenters. The summed E-state index contributed by atoms with van der Waals surface area (Å²) in [6.07, 6.45) is 43.6. The smallest absolute Gasteiger partial charge is 0.195 e. The molecule has 0 spiro atoms. The first-order valence-corrected chi connectivity index (χ1v) is 21.3. The fourth-order valence-corrected chi connectivity index (χ4v) is 11.0. The van der Waals surface area contributed by atoms with Crippen LogP contribution in [0.2, 0.25) is 0 Å². The van der Waals surface area contributed by atoms with E-state index in [4.69, 9.17) is 9.73 Å². The number of aliphatic imine (C=N–C) groups is 1. The predicted molar refractivity (Wildman–Crippen MR) is 229 cm³/mol. The Morgan fingerprint density at radius 3 is 2.60 bits per heavy atom. The van der Waals surface area contributed by atoms with Crippen LogP contribution in [0.25, 0.3) is 16.8 Å². The number of fused-ring (bicyclic) bond motifs is 7. The molecule has 0 saturated carbocycles. The van der Waals surface area contributed by atoms with Crippen molar-refractivity contribution in [1.29, 1.82) is 0 Å². The highest BCUT2D eigenvalue weighted by Gasteiger charge is 2.44. The number of benzene rings is 3. The van der Waals surface area contributed by atoms with E-state index in [0.717, 1.165) is 75.9 Å². The summed E-state index contributed by atoms with van der Waals surface area (Å²) < 4.78 is 6.98. The first-order chi connectivity index (χ1) is 27.2. The van der Waals surface area contributed by atoms with Crippen molar-refractivity contribution in [3.8, 4) is 5.75 Å². The summed E-state index contributed by atoms with van der Waals surface area (Å²) in [6, 6.07) is 19.7. The van der Waals surface area contributed by atoms with Crippen molar-refractivity contribution >= 4 is 22.8 Å². The van der Waals surface area contributed by atoms with Gasteiger partial charge in [-0.1, -0.05) is 134 Å². The van der Waals surface area contributed by atoms with Crippen molar-refractivity contribution in [1.82, 2.24) is 10.2 Å². The summed E-state index contributed by atoms with van der Waals surface area (Å²) >= 11 is 0. The van der Waals surface area contributed by atoms with Crippen LogP contribution < -0.4 is 10.1 Å². The van der Waals surface area contributed by atoms with Crippen molar-refractivity contribution in [2.75, 3.05) is 0 Å². The van der Waals surface area contributed by atoms with E-state index in [-0.39, 0.29) is 24.1 Å². The number of nitrogens with one attached hydrogen (secondary N) is 1. The Balaban J connectivity index is 1.00. The van der Waals surface area contributed by atoms with E-state index < -0.39 is 0 Å². The number of allylic oxidation sites excluding steroid dienone is 9. The van der Waals surface area contributed by atoms with Gasteiger partial charge >= 0.3 is 0 Å². The van der Waals surface area contributed by atoms with Crippen LogP contribution in [0.3, 0.4) is 0 Å². The average molecular weight is 726 g/mol. The van der Waals surface area contributed by atoms with Crippen LogP contribution in [0.15, 0.2) is 133 Å². The largest absolute Gasteiger partial charge is 0.489 e. The highest BCUT2D eigenvalue weighted by Crippen LogP contribution is 2.49. The van der Waals surface area contributed by atoms with E-state index in [1.165, 1.54) is 38.6 Å². The van der Waals surface area contributed by atoms with Gasteiger partial charge in [0.2, 0.25) is 0 Å². The molecule has 3 aromatic rings. The van der Waals surface area contributed by atoms with E-state index in [2.05, 4.69) is 151 Å². The summed E-state index contributed by atoms with van der Waals surface area (Å²) in [5.74, 6) is 3.73. The number of rotatable bonds is 7. The lowest BCUT2D eigenvalue weighted by Crippen LogP contribution is -2.61. The summed E-state index contributed by atoms with van der Waals surface area (Å²) in [4.78, 5) is 8.55. The van der Waals surface area contributed by atoms with E-state index in [1.807, 2.05) is 0 Å². The Morgan fingerprint density at radius 2 is 1.76 bits per heavy atom. The van der Waals surface area contributed by atoms with Crippen molar-refractivity contribution < 1.29 is 4.74 Å². The number of guanidine groups is 1. The maximum atomic E-state index is 6.98. The minimum absolute atomic E-state index is 0.109. The third-order valence-corrected chi connectivity index (χ3v) is 13.7. The zero-order valence-electron chi connectivity index (χ0n) is 32.3. The van der Waals surface area contributed by atoms with Gasteiger partial charge < -0.3 is 15.0 Å². The molecule has 280 valence electrons. The zero-order valence-corrected chi connectivity index (χ0v) is 32.3. The normalized spacial score (nSPS) is 31.4. The molecule has 3 aromatic carbocycles. The highest BCUT2D eigenvalue weighted by atomic mass is 16.5. The quantitative estimate of drug-likeness (QED) is 0.246. The molecule has 7 unspecified atom stereocenters. The molecule has 0 amide bonds. The Labute approximate surface area is 327 Å². The number of aryl methyl sites for hydroxylation is 1. The molecule has 2 heterocycles. The van der Waals surface area contributed by atoms with E-state index >= 15 is 0 Å². The highest BCUT2D eigenvalue weighted by molar-refractivity contribution is 5.97.